The summed E-state index contributed by atoms with van der Waals surface area (Å²) >= 11 is 0. The van der Waals surface area contributed by atoms with E-state index in [-0.39, 0.29) is 23.4 Å². The maximum Gasteiger partial charge on any atom is 0.165 e. The minimum Gasteiger partial charge on any atom is -0.508 e. The van der Waals surface area contributed by atoms with Crippen molar-refractivity contribution in [1.29, 1.82) is 0 Å². The van der Waals surface area contributed by atoms with Crippen LogP contribution >= 0.6 is 0 Å². The topological polar surface area (TPSA) is 37.3 Å². The van der Waals surface area contributed by atoms with Gasteiger partial charge in [0.25, 0.3) is 0 Å². The van der Waals surface area contributed by atoms with Gasteiger partial charge in [0.05, 0.1) is 0 Å². The standard InChI is InChI=1S/C14H20O2/c1-8(2)11-7-13(15)10(5)6-12(11)14(16)9(3)4/h6-9,15H,1-5H3. The summed E-state index contributed by atoms with van der Waals surface area (Å²) in [5.41, 5.74) is 2.44. The van der Waals surface area contributed by atoms with Gasteiger partial charge in [0.1, 0.15) is 5.75 Å². The van der Waals surface area contributed by atoms with E-state index in [0.29, 0.717) is 0 Å². The van der Waals surface area contributed by atoms with Crippen LogP contribution in [0.3, 0.4) is 0 Å². The van der Waals surface area contributed by atoms with Gasteiger partial charge < -0.3 is 5.11 Å². The highest BCUT2D eigenvalue weighted by atomic mass is 16.3. The summed E-state index contributed by atoms with van der Waals surface area (Å²) in [6.45, 7) is 9.67. The van der Waals surface area contributed by atoms with Crippen LogP contribution in [0.25, 0.3) is 0 Å². The maximum absolute atomic E-state index is 12.1. The predicted molar refractivity (Wildman–Crippen MR) is 66.1 cm³/mol. The molecule has 0 saturated heterocycles. The monoisotopic (exact) mass is 220 g/mol. The maximum atomic E-state index is 12.1. The number of benzene rings is 1. The first kappa shape index (κ1) is 12.8. The summed E-state index contributed by atoms with van der Waals surface area (Å²) in [5, 5.41) is 9.68. The summed E-state index contributed by atoms with van der Waals surface area (Å²) in [6, 6.07) is 3.52. The van der Waals surface area contributed by atoms with E-state index in [1.54, 1.807) is 12.1 Å². The van der Waals surface area contributed by atoms with E-state index in [4.69, 9.17) is 0 Å². The first-order valence-electron chi connectivity index (χ1n) is 5.72. The zero-order valence-electron chi connectivity index (χ0n) is 10.7. The van der Waals surface area contributed by atoms with Crippen LogP contribution in [0.5, 0.6) is 5.75 Å². The third kappa shape index (κ3) is 2.43. The molecular formula is C14H20O2. The molecule has 16 heavy (non-hydrogen) atoms. The first-order chi connectivity index (χ1) is 7.34. The van der Waals surface area contributed by atoms with Gasteiger partial charge in [-0.05, 0) is 36.1 Å². The summed E-state index contributed by atoms with van der Waals surface area (Å²) in [5.74, 6) is 0.640. The number of phenols is 1. The van der Waals surface area contributed by atoms with Crippen molar-refractivity contribution in [3.63, 3.8) is 0 Å². The molecule has 0 radical (unpaired) electrons. The van der Waals surface area contributed by atoms with E-state index in [2.05, 4.69) is 0 Å². The van der Waals surface area contributed by atoms with E-state index < -0.39 is 0 Å². The number of rotatable bonds is 3. The van der Waals surface area contributed by atoms with Gasteiger partial charge in [0, 0.05) is 11.5 Å². The van der Waals surface area contributed by atoms with Crippen LogP contribution in [-0.2, 0) is 0 Å². The summed E-state index contributed by atoms with van der Waals surface area (Å²) in [7, 11) is 0. The molecule has 0 saturated carbocycles. The van der Waals surface area contributed by atoms with Crippen molar-refractivity contribution in [3.05, 3.63) is 28.8 Å². The lowest BCUT2D eigenvalue weighted by Crippen LogP contribution is -2.11. The Labute approximate surface area is 97.3 Å². The molecular weight excluding hydrogens is 200 g/mol. The fourth-order valence-electron chi connectivity index (χ4n) is 1.71. The number of hydrogen-bond donors (Lipinski definition) is 1. The van der Waals surface area contributed by atoms with E-state index in [1.807, 2.05) is 34.6 Å². The van der Waals surface area contributed by atoms with E-state index in [0.717, 1.165) is 16.7 Å². The fraction of sp³-hybridized carbons (Fsp3) is 0.500. The number of hydrogen-bond acceptors (Lipinski definition) is 2. The highest BCUT2D eigenvalue weighted by Gasteiger charge is 2.18. The Kier molecular flexibility index (Phi) is 3.74. The molecule has 0 aliphatic heterocycles. The van der Waals surface area contributed by atoms with E-state index in [9.17, 15) is 9.90 Å². The lowest BCUT2D eigenvalue weighted by Gasteiger charge is -2.15. The molecule has 1 aromatic carbocycles. The SMILES string of the molecule is Cc1cc(C(=O)C(C)C)c(C(C)C)cc1O. The van der Waals surface area contributed by atoms with Gasteiger partial charge >= 0.3 is 0 Å². The first-order valence-corrected chi connectivity index (χ1v) is 5.72. The molecule has 0 bridgehead atoms. The summed E-state index contributed by atoms with van der Waals surface area (Å²) < 4.78 is 0. The quantitative estimate of drug-likeness (QED) is 0.789. The Morgan fingerprint density at radius 3 is 2.19 bits per heavy atom. The van der Waals surface area contributed by atoms with Crippen LogP contribution in [-0.4, -0.2) is 10.9 Å². The van der Waals surface area contributed by atoms with Crippen molar-refractivity contribution in [2.24, 2.45) is 5.92 Å². The Morgan fingerprint density at radius 2 is 1.75 bits per heavy atom. The molecule has 0 fully saturated rings. The van der Waals surface area contributed by atoms with Crippen molar-refractivity contribution in [1.82, 2.24) is 0 Å². The largest absolute Gasteiger partial charge is 0.508 e. The predicted octanol–water partition coefficient (Wildman–Crippen LogP) is 3.66. The molecule has 0 amide bonds. The third-order valence-corrected chi connectivity index (χ3v) is 2.78. The number of Topliss-reactive ketones (excluding diaryl/α,β-unsaturated/α-hetero) is 1. The molecule has 0 aliphatic carbocycles. The molecule has 1 aromatic rings. The molecule has 0 heterocycles. The number of aromatic hydroxyl groups is 1. The lowest BCUT2D eigenvalue weighted by atomic mass is 9.89. The van der Waals surface area contributed by atoms with Crippen LogP contribution in [0.2, 0.25) is 0 Å². The fourth-order valence-corrected chi connectivity index (χ4v) is 1.71. The second-order valence-corrected chi connectivity index (χ2v) is 4.90. The van der Waals surface area contributed by atoms with Crippen LogP contribution < -0.4 is 0 Å². The summed E-state index contributed by atoms with van der Waals surface area (Å²) in [4.78, 5) is 12.1. The number of ketones is 1. The van der Waals surface area contributed by atoms with Crippen molar-refractivity contribution in [2.75, 3.05) is 0 Å². The van der Waals surface area contributed by atoms with Crippen LogP contribution in [0.15, 0.2) is 12.1 Å². The minimum atomic E-state index is -0.0126. The minimum absolute atomic E-state index is 0.0126. The van der Waals surface area contributed by atoms with Gasteiger partial charge in [-0.2, -0.15) is 0 Å². The number of phenolic OH excluding ortho intramolecular Hbond substituents is 1. The second-order valence-electron chi connectivity index (χ2n) is 4.90. The average molecular weight is 220 g/mol. The number of carbonyl (C=O) groups is 1. The van der Waals surface area contributed by atoms with Crippen molar-refractivity contribution in [3.8, 4) is 5.75 Å². The second kappa shape index (κ2) is 4.69. The highest BCUT2D eigenvalue weighted by Crippen LogP contribution is 2.28. The molecule has 0 spiro atoms. The highest BCUT2D eigenvalue weighted by molar-refractivity contribution is 5.99. The number of aryl methyl sites for hydroxylation is 1. The Hall–Kier alpha value is -1.31. The summed E-state index contributed by atoms with van der Waals surface area (Å²) in [6.07, 6.45) is 0. The number of carbonyl (C=O) groups excluding carboxylic acids is 1. The molecule has 88 valence electrons. The normalized spacial score (nSPS) is 11.2. The molecule has 0 aliphatic rings. The zero-order chi connectivity index (χ0) is 12.5. The van der Waals surface area contributed by atoms with Gasteiger partial charge in [0.2, 0.25) is 0 Å². The van der Waals surface area contributed by atoms with Gasteiger partial charge in [-0.1, -0.05) is 27.7 Å². The molecule has 0 aromatic heterocycles. The zero-order valence-corrected chi connectivity index (χ0v) is 10.7. The van der Waals surface area contributed by atoms with Gasteiger partial charge in [0.15, 0.2) is 5.78 Å². The Balaban J connectivity index is 3.36. The molecule has 1 N–H and O–H groups in total. The molecule has 0 atom stereocenters. The molecule has 1 rings (SSSR count). The third-order valence-electron chi connectivity index (χ3n) is 2.78. The van der Waals surface area contributed by atoms with E-state index in [1.165, 1.54) is 0 Å². The van der Waals surface area contributed by atoms with Gasteiger partial charge in [-0.25, -0.2) is 0 Å². The Bertz CT molecular complexity index is 403. The van der Waals surface area contributed by atoms with Gasteiger partial charge in [-0.15, -0.1) is 0 Å². The van der Waals surface area contributed by atoms with Crippen LogP contribution in [0.4, 0.5) is 0 Å². The van der Waals surface area contributed by atoms with E-state index >= 15 is 0 Å². The molecule has 2 nitrogen and oxygen atoms in total. The van der Waals surface area contributed by atoms with Crippen LogP contribution in [0, 0.1) is 12.8 Å². The van der Waals surface area contributed by atoms with Crippen molar-refractivity contribution < 1.29 is 9.90 Å². The van der Waals surface area contributed by atoms with Gasteiger partial charge in [-0.3, -0.25) is 4.79 Å². The lowest BCUT2D eigenvalue weighted by molar-refractivity contribution is 0.0938. The van der Waals surface area contributed by atoms with Crippen molar-refractivity contribution >= 4 is 5.78 Å². The van der Waals surface area contributed by atoms with Crippen LogP contribution in [0.1, 0.15) is 55.1 Å². The molecule has 0 unspecified atom stereocenters. The Morgan fingerprint density at radius 1 is 1.19 bits per heavy atom. The molecule has 2 heteroatoms. The average Bonchev–Trinajstić information content (AvgIpc) is 2.19. The van der Waals surface area contributed by atoms with Crippen molar-refractivity contribution in [2.45, 2.75) is 40.5 Å². The smallest absolute Gasteiger partial charge is 0.165 e.